The maximum atomic E-state index is 13.0. The number of thiophene rings is 1. The number of phenols is 1. The van der Waals surface area contributed by atoms with Crippen molar-refractivity contribution in [1.29, 1.82) is 0 Å². The molecule has 10 nitrogen and oxygen atoms in total. The molecule has 1 heterocycles. The molecule has 0 unspecified atom stereocenters. The van der Waals surface area contributed by atoms with Crippen molar-refractivity contribution < 1.29 is 34.1 Å². The number of nitrogens with two attached hydrogens (primary N) is 1. The Morgan fingerprint density at radius 3 is 2.38 bits per heavy atom. The summed E-state index contributed by atoms with van der Waals surface area (Å²) in [7, 11) is 2.81. The molecule has 0 aliphatic heterocycles. The van der Waals surface area contributed by atoms with Crippen molar-refractivity contribution >= 4 is 63.8 Å². The predicted octanol–water partition coefficient (Wildman–Crippen LogP) is 4.09. The maximum Gasteiger partial charge on any atom is 0.328 e. The van der Waals surface area contributed by atoms with Crippen LogP contribution in [0.2, 0.25) is 9.36 Å². The Hall–Kier alpha value is -3.64. The Kier molecular flexibility index (Phi) is 8.77. The van der Waals surface area contributed by atoms with Gasteiger partial charge in [-0.3, -0.25) is 19.4 Å². The van der Waals surface area contributed by atoms with Gasteiger partial charge >= 0.3 is 5.97 Å². The number of nitrogens with zero attached hydrogens (tertiary/aromatic N) is 2. The van der Waals surface area contributed by atoms with Gasteiger partial charge in [0, 0.05) is 36.2 Å². The number of carbonyl (C=O) groups excluding carboxylic acids is 3. The molecule has 3 rings (SSSR count). The standard InChI is InChI=1S/C24H21Cl2N3O7S/c1-28(13-4-3-5-14(30)9-13)22(32)12-6-7-15(17(25)8-12)23(33)29(27)18(24(34)35)10-19(31)16-11-37-21(26)20(16)36-2/h3-9,11,18,30H,10,27H2,1-2H3,(H,34,35)/t18-/m0/s1. The normalized spacial score (nSPS) is 11.5. The lowest BCUT2D eigenvalue weighted by atomic mass is 10.0. The van der Waals surface area contributed by atoms with E-state index in [4.69, 9.17) is 33.8 Å². The third-order valence-corrected chi connectivity index (χ3v) is 6.91. The van der Waals surface area contributed by atoms with Gasteiger partial charge in [-0.2, -0.15) is 0 Å². The van der Waals surface area contributed by atoms with Crippen LogP contribution in [0.5, 0.6) is 11.5 Å². The molecule has 37 heavy (non-hydrogen) atoms. The number of rotatable bonds is 9. The molecule has 2 aromatic carbocycles. The third-order valence-electron chi connectivity index (χ3n) is 5.41. The maximum absolute atomic E-state index is 13.0. The van der Waals surface area contributed by atoms with Gasteiger partial charge < -0.3 is 19.8 Å². The number of carbonyl (C=O) groups is 4. The van der Waals surface area contributed by atoms with Gasteiger partial charge in [-0.1, -0.05) is 29.3 Å². The summed E-state index contributed by atoms with van der Waals surface area (Å²) in [6.45, 7) is 0. The van der Waals surface area contributed by atoms with Crippen LogP contribution in [-0.4, -0.2) is 59.0 Å². The summed E-state index contributed by atoms with van der Waals surface area (Å²) in [6, 6.07) is 8.13. The zero-order valence-corrected chi connectivity index (χ0v) is 21.8. The molecule has 4 N–H and O–H groups in total. The second kappa shape index (κ2) is 11.6. The minimum Gasteiger partial charge on any atom is -0.508 e. The number of Topliss-reactive ketones (excluding diaryl/α,β-unsaturated/α-hetero) is 1. The first-order valence-electron chi connectivity index (χ1n) is 10.5. The fraction of sp³-hybridized carbons (Fsp3) is 0.167. The van der Waals surface area contributed by atoms with Crippen molar-refractivity contribution in [2.24, 2.45) is 5.84 Å². The summed E-state index contributed by atoms with van der Waals surface area (Å²) >= 11 is 13.3. The van der Waals surface area contributed by atoms with Gasteiger partial charge in [-0.15, -0.1) is 11.3 Å². The predicted molar refractivity (Wildman–Crippen MR) is 139 cm³/mol. The number of amides is 2. The monoisotopic (exact) mass is 565 g/mol. The first kappa shape index (κ1) is 27.9. The number of ether oxygens (including phenoxy) is 1. The highest BCUT2D eigenvalue weighted by Gasteiger charge is 2.33. The lowest BCUT2D eigenvalue weighted by molar-refractivity contribution is -0.142. The molecule has 13 heteroatoms. The number of halogens is 2. The van der Waals surface area contributed by atoms with Gasteiger partial charge in [0.15, 0.2) is 17.6 Å². The molecule has 0 aliphatic rings. The van der Waals surface area contributed by atoms with E-state index in [2.05, 4.69) is 0 Å². The number of phenolic OH excluding ortho intramolecular Hbond substituents is 1. The van der Waals surface area contributed by atoms with Gasteiger partial charge in [0.1, 0.15) is 10.1 Å². The van der Waals surface area contributed by atoms with E-state index in [9.17, 15) is 29.4 Å². The molecular formula is C24H21Cl2N3O7S. The highest BCUT2D eigenvalue weighted by molar-refractivity contribution is 7.15. The highest BCUT2D eigenvalue weighted by atomic mass is 35.5. The fourth-order valence-corrected chi connectivity index (χ4v) is 4.75. The Morgan fingerprint density at radius 1 is 1.08 bits per heavy atom. The SMILES string of the molecule is COc1c(C(=O)C[C@@H](C(=O)O)N(N)C(=O)c2ccc(C(=O)N(C)c3cccc(O)c3)cc2Cl)csc1Cl. The van der Waals surface area contributed by atoms with E-state index in [1.807, 2.05) is 0 Å². The van der Waals surface area contributed by atoms with Crippen LogP contribution in [0.4, 0.5) is 5.69 Å². The summed E-state index contributed by atoms with van der Waals surface area (Å²) in [6.07, 6.45) is -0.649. The number of hydrogen-bond acceptors (Lipinski definition) is 8. The number of hydrazine groups is 1. The molecule has 2 amide bonds. The highest BCUT2D eigenvalue weighted by Crippen LogP contribution is 2.36. The molecule has 0 radical (unpaired) electrons. The van der Waals surface area contributed by atoms with Crippen LogP contribution < -0.4 is 15.5 Å². The summed E-state index contributed by atoms with van der Waals surface area (Å²) < 4.78 is 5.31. The largest absolute Gasteiger partial charge is 0.508 e. The molecule has 3 aromatic rings. The number of carboxylic acid groups (broad SMARTS) is 1. The van der Waals surface area contributed by atoms with Crippen LogP contribution in [0, 0.1) is 0 Å². The van der Waals surface area contributed by atoms with E-state index in [1.165, 1.54) is 54.8 Å². The molecule has 0 saturated carbocycles. The van der Waals surface area contributed by atoms with Gasteiger partial charge in [0.25, 0.3) is 11.8 Å². The van der Waals surface area contributed by atoms with Gasteiger partial charge in [-0.25, -0.2) is 10.6 Å². The fourth-order valence-electron chi connectivity index (χ4n) is 3.41. The van der Waals surface area contributed by atoms with Crippen LogP contribution in [-0.2, 0) is 4.79 Å². The minimum atomic E-state index is -1.72. The molecular weight excluding hydrogens is 545 g/mol. The van der Waals surface area contributed by atoms with E-state index < -0.39 is 36.0 Å². The molecule has 0 aliphatic carbocycles. The second-order valence-corrected chi connectivity index (χ2v) is 9.62. The average Bonchev–Trinajstić information content (AvgIpc) is 3.25. The first-order chi connectivity index (χ1) is 17.5. The number of hydrogen-bond donors (Lipinski definition) is 3. The topological polar surface area (TPSA) is 150 Å². The molecule has 0 bridgehead atoms. The number of aromatic hydroxyl groups is 1. The zero-order chi connectivity index (χ0) is 27.4. The summed E-state index contributed by atoms with van der Waals surface area (Å²) in [5.74, 6) is 2.32. The molecule has 1 aromatic heterocycles. The van der Waals surface area contributed by atoms with E-state index in [0.717, 1.165) is 11.3 Å². The number of ketones is 1. The van der Waals surface area contributed by atoms with Gasteiger partial charge in [0.05, 0.1) is 23.3 Å². The Balaban J connectivity index is 1.81. The lowest BCUT2D eigenvalue weighted by Crippen LogP contribution is -2.50. The van der Waals surface area contributed by atoms with Crippen LogP contribution in [0.3, 0.4) is 0 Å². The first-order valence-corrected chi connectivity index (χ1v) is 12.1. The number of methoxy groups -OCH3 is 1. The van der Waals surface area contributed by atoms with Crippen molar-refractivity contribution in [3.63, 3.8) is 0 Å². The minimum absolute atomic E-state index is 0.0221. The van der Waals surface area contributed by atoms with Crippen LogP contribution in [0.1, 0.15) is 37.5 Å². The average molecular weight is 566 g/mol. The Bertz CT molecular complexity index is 1380. The summed E-state index contributed by atoms with van der Waals surface area (Å²) in [5, 5.41) is 21.0. The van der Waals surface area contributed by atoms with Crippen molar-refractivity contribution in [2.45, 2.75) is 12.5 Å². The molecule has 194 valence electrons. The number of carboxylic acids is 1. The molecule has 0 saturated heterocycles. The van der Waals surface area contributed by atoms with Crippen molar-refractivity contribution in [2.75, 3.05) is 19.1 Å². The van der Waals surface area contributed by atoms with E-state index in [0.29, 0.717) is 10.7 Å². The molecule has 1 atom stereocenters. The van der Waals surface area contributed by atoms with Crippen molar-refractivity contribution in [3.8, 4) is 11.5 Å². The van der Waals surface area contributed by atoms with Crippen molar-refractivity contribution in [3.05, 3.63) is 73.9 Å². The second-order valence-electron chi connectivity index (χ2n) is 7.73. The number of aliphatic carboxylic acids is 1. The van der Waals surface area contributed by atoms with E-state index >= 15 is 0 Å². The smallest absolute Gasteiger partial charge is 0.328 e. The van der Waals surface area contributed by atoms with E-state index in [1.54, 1.807) is 12.1 Å². The molecule has 0 fully saturated rings. The quantitative estimate of drug-likeness (QED) is 0.152. The Labute approximate surface area is 225 Å². The van der Waals surface area contributed by atoms with Crippen LogP contribution in [0.25, 0.3) is 0 Å². The number of benzene rings is 2. The number of anilines is 1. The van der Waals surface area contributed by atoms with Gasteiger partial charge in [-0.05, 0) is 30.3 Å². The Morgan fingerprint density at radius 2 is 1.78 bits per heavy atom. The summed E-state index contributed by atoms with van der Waals surface area (Å²) in [4.78, 5) is 51.8. The summed E-state index contributed by atoms with van der Waals surface area (Å²) in [5.41, 5.74) is 0.450. The zero-order valence-electron chi connectivity index (χ0n) is 19.5. The van der Waals surface area contributed by atoms with Crippen LogP contribution >= 0.6 is 34.5 Å². The lowest BCUT2D eigenvalue weighted by Gasteiger charge is -2.24. The van der Waals surface area contributed by atoms with Crippen LogP contribution in [0.15, 0.2) is 47.8 Å². The molecule has 0 spiro atoms. The van der Waals surface area contributed by atoms with Crippen molar-refractivity contribution in [1.82, 2.24) is 5.01 Å². The van der Waals surface area contributed by atoms with Gasteiger partial charge in [0.2, 0.25) is 0 Å². The van der Waals surface area contributed by atoms with E-state index in [-0.39, 0.29) is 37.5 Å². The third kappa shape index (κ3) is 6.03.